The highest BCUT2D eigenvalue weighted by molar-refractivity contribution is 5.78. The van der Waals surface area contributed by atoms with Gasteiger partial charge in [0.1, 0.15) is 0 Å². The van der Waals surface area contributed by atoms with E-state index >= 15 is 0 Å². The third-order valence-corrected chi connectivity index (χ3v) is 3.56. The minimum Gasteiger partial charge on any atom is -0.481 e. The molecule has 1 aliphatic heterocycles. The standard InChI is InChI=1S/C15H19NO3/c1-2-5-14(17)16-9-8-11-6-3-4-7-12(11)13(16)10-15(18)19/h3-4,6-7,13H,2,5,8-10H2,1H3,(H,18,19). The van der Waals surface area contributed by atoms with Crippen LogP contribution in [-0.2, 0) is 16.0 Å². The molecule has 0 saturated heterocycles. The van der Waals surface area contributed by atoms with Gasteiger partial charge in [-0.3, -0.25) is 9.59 Å². The van der Waals surface area contributed by atoms with Crippen molar-refractivity contribution in [2.45, 2.75) is 38.6 Å². The highest BCUT2D eigenvalue weighted by atomic mass is 16.4. The van der Waals surface area contributed by atoms with Crippen molar-refractivity contribution in [1.29, 1.82) is 0 Å². The van der Waals surface area contributed by atoms with E-state index in [1.165, 1.54) is 0 Å². The van der Waals surface area contributed by atoms with Crippen LogP contribution in [0.4, 0.5) is 0 Å². The van der Waals surface area contributed by atoms with E-state index in [0.29, 0.717) is 13.0 Å². The van der Waals surface area contributed by atoms with Crippen LogP contribution in [0.25, 0.3) is 0 Å². The Balaban J connectivity index is 2.31. The molecule has 1 N–H and O–H groups in total. The Hall–Kier alpha value is -1.84. The first-order valence-corrected chi connectivity index (χ1v) is 6.72. The maximum Gasteiger partial charge on any atom is 0.305 e. The van der Waals surface area contributed by atoms with Gasteiger partial charge in [0.2, 0.25) is 5.91 Å². The summed E-state index contributed by atoms with van der Waals surface area (Å²) in [6, 6.07) is 7.50. The Morgan fingerprint density at radius 1 is 1.37 bits per heavy atom. The third-order valence-electron chi connectivity index (χ3n) is 3.56. The second-order valence-corrected chi connectivity index (χ2v) is 4.90. The lowest BCUT2D eigenvalue weighted by Crippen LogP contribution is -2.40. The van der Waals surface area contributed by atoms with Gasteiger partial charge in [-0.1, -0.05) is 31.2 Å². The molecule has 1 aliphatic rings. The van der Waals surface area contributed by atoms with E-state index in [9.17, 15) is 9.59 Å². The second-order valence-electron chi connectivity index (χ2n) is 4.90. The maximum atomic E-state index is 12.1. The summed E-state index contributed by atoms with van der Waals surface area (Å²) in [6.45, 7) is 2.58. The van der Waals surface area contributed by atoms with E-state index in [-0.39, 0.29) is 18.4 Å². The molecule has 1 heterocycles. The van der Waals surface area contributed by atoms with Gasteiger partial charge >= 0.3 is 5.97 Å². The van der Waals surface area contributed by atoms with Crippen molar-refractivity contribution in [2.24, 2.45) is 0 Å². The molecule has 0 aromatic heterocycles. The van der Waals surface area contributed by atoms with Gasteiger partial charge in [-0.15, -0.1) is 0 Å². The summed E-state index contributed by atoms with van der Waals surface area (Å²) in [4.78, 5) is 24.9. The molecule has 1 unspecified atom stereocenters. The van der Waals surface area contributed by atoms with E-state index < -0.39 is 5.97 Å². The van der Waals surface area contributed by atoms with Crippen molar-refractivity contribution in [3.63, 3.8) is 0 Å². The Morgan fingerprint density at radius 2 is 2.11 bits per heavy atom. The summed E-state index contributed by atoms with van der Waals surface area (Å²) in [5, 5.41) is 9.08. The van der Waals surface area contributed by atoms with Crippen molar-refractivity contribution < 1.29 is 14.7 Å². The molecule has 1 aromatic rings. The number of carboxylic acid groups (broad SMARTS) is 1. The predicted octanol–water partition coefficient (Wildman–Crippen LogP) is 2.39. The Kier molecular flexibility index (Phi) is 4.20. The number of hydrogen-bond acceptors (Lipinski definition) is 2. The molecule has 0 bridgehead atoms. The summed E-state index contributed by atoms with van der Waals surface area (Å²) in [5.74, 6) is -0.806. The fourth-order valence-corrected chi connectivity index (χ4v) is 2.69. The number of carboxylic acids is 1. The lowest BCUT2D eigenvalue weighted by atomic mass is 9.90. The zero-order valence-electron chi connectivity index (χ0n) is 11.1. The molecular formula is C15H19NO3. The molecule has 1 amide bonds. The first-order valence-electron chi connectivity index (χ1n) is 6.72. The van der Waals surface area contributed by atoms with E-state index in [2.05, 4.69) is 0 Å². The number of carbonyl (C=O) groups excluding carboxylic acids is 1. The van der Waals surface area contributed by atoms with Crippen LogP contribution in [0.2, 0.25) is 0 Å². The van der Waals surface area contributed by atoms with Gasteiger partial charge in [0.15, 0.2) is 0 Å². The van der Waals surface area contributed by atoms with Crippen LogP contribution in [0, 0.1) is 0 Å². The summed E-state index contributed by atoms with van der Waals surface area (Å²) < 4.78 is 0. The molecule has 102 valence electrons. The highest BCUT2D eigenvalue weighted by Gasteiger charge is 2.31. The quantitative estimate of drug-likeness (QED) is 0.905. The molecule has 2 rings (SSSR count). The zero-order chi connectivity index (χ0) is 13.8. The molecule has 1 atom stereocenters. The van der Waals surface area contributed by atoms with Crippen LogP contribution >= 0.6 is 0 Å². The number of fused-ring (bicyclic) bond motifs is 1. The SMILES string of the molecule is CCCC(=O)N1CCc2ccccc2C1CC(=O)O. The van der Waals surface area contributed by atoms with E-state index in [4.69, 9.17) is 5.11 Å². The minimum atomic E-state index is -0.865. The van der Waals surface area contributed by atoms with Gasteiger partial charge in [0.25, 0.3) is 0 Å². The van der Waals surface area contributed by atoms with Gasteiger partial charge in [-0.2, -0.15) is 0 Å². The molecule has 0 saturated carbocycles. The first kappa shape index (κ1) is 13.6. The van der Waals surface area contributed by atoms with Gasteiger partial charge in [-0.05, 0) is 24.0 Å². The average Bonchev–Trinajstić information content (AvgIpc) is 2.38. The van der Waals surface area contributed by atoms with Gasteiger partial charge in [-0.25, -0.2) is 0 Å². The molecule has 19 heavy (non-hydrogen) atoms. The molecular weight excluding hydrogens is 242 g/mol. The smallest absolute Gasteiger partial charge is 0.305 e. The van der Waals surface area contributed by atoms with Crippen molar-refractivity contribution in [2.75, 3.05) is 6.54 Å². The fraction of sp³-hybridized carbons (Fsp3) is 0.467. The summed E-state index contributed by atoms with van der Waals surface area (Å²) >= 11 is 0. The van der Waals surface area contributed by atoms with Gasteiger partial charge in [0, 0.05) is 13.0 Å². The molecule has 0 spiro atoms. The van der Waals surface area contributed by atoms with E-state index in [0.717, 1.165) is 24.0 Å². The van der Waals surface area contributed by atoms with Gasteiger partial charge < -0.3 is 10.0 Å². The minimum absolute atomic E-state index is 0.0214. The Labute approximate surface area is 113 Å². The van der Waals surface area contributed by atoms with Crippen molar-refractivity contribution in [3.05, 3.63) is 35.4 Å². The predicted molar refractivity (Wildman–Crippen MR) is 71.8 cm³/mol. The second kappa shape index (κ2) is 5.87. The molecule has 0 fully saturated rings. The van der Waals surface area contributed by atoms with Crippen LogP contribution in [0.3, 0.4) is 0 Å². The van der Waals surface area contributed by atoms with Crippen molar-refractivity contribution in [3.8, 4) is 0 Å². The molecule has 0 radical (unpaired) electrons. The van der Waals surface area contributed by atoms with Crippen LogP contribution < -0.4 is 0 Å². The van der Waals surface area contributed by atoms with Crippen LogP contribution in [0.1, 0.15) is 43.4 Å². The number of rotatable bonds is 4. The number of benzene rings is 1. The number of nitrogens with zero attached hydrogens (tertiary/aromatic N) is 1. The first-order chi connectivity index (χ1) is 9.13. The van der Waals surface area contributed by atoms with Crippen molar-refractivity contribution in [1.82, 2.24) is 4.90 Å². The van der Waals surface area contributed by atoms with Crippen LogP contribution in [-0.4, -0.2) is 28.4 Å². The summed E-state index contributed by atoms with van der Waals surface area (Å²) in [7, 11) is 0. The topological polar surface area (TPSA) is 57.6 Å². The molecule has 4 heteroatoms. The number of aliphatic carboxylic acids is 1. The average molecular weight is 261 g/mol. The number of amides is 1. The molecule has 0 aliphatic carbocycles. The Morgan fingerprint density at radius 3 is 2.79 bits per heavy atom. The third kappa shape index (κ3) is 2.95. The highest BCUT2D eigenvalue weighted by Crippen LogP contribution is 2.32. The molecule has 4 nitrogen and oxygen atoms in total. The van der Waals surface area contributed by atoms with Crippen molar-refractivity contribution >= 4 is 11.9 Å². The van der Waals surface area contributed by atoms with E-state index in [1.54, 1.807) is 4.90 Å². The van der Waals surface area contributed by atoms with Gasteiger partial charge in [0.05, 0.1) is 12.5 Å². The lowest BCUT2D eigenvalue weighted by molar-refractivity contribution is -0.141. The fourth-order valence-electron chi connectivity index (χ4n) is 2.69. The lowest BCUT2D eigenvalue weighted by Gasteiger charge is -2.36. The zero-order valence-corrected chi connectivity index (χ0v) is 11.1. The number of hydrogen-bond donors (Lipinski definition) is 1. The maximum absolute atomic E-state index is 12.1. The van der Waals surface area contributed by atoms with Crippen LogP contribution in [0.15, 0.2) is 24.3 Å². The summed E-state index contributed by atoms with van der Waals surface area (Å²) in [6.07, 6.45) is 2.06. The Bertz CT molecular complexity index is 484. The monoisotopic (exact) mass is 261 g/mol. The van der Waals surface area contributed by atoms with E-state index in [1.807, 2.05) is 31.2 Å². The van der Waals surface area contributed by atoms with Crippen LogP contribution in [0.5, 0.6) is 0 Å². The molecule has 1 aromatic carbocycles. The number of carbonyl (C=O) groups is 2. The normalized spacial score (nSPS) is 17.9. The summed E-state index contributed by atoms with van der Waals surface area (Å²) in [5.41, 5.74) is 2.15. The largest absolute Gasteiger partial charge is 0.481 e.